The molecule has 2 heterocycles. The maximum atomic E-state index is 12.8. The van der Waals surface area contributed by atoms with E-state index in [0.29, 0.717) is 10.6 Å². The molecule has 0 bridgehead atoms. The quantitative estimate of drug-likeness (QED) is 0.298. The van der Waals surface area contributed by atoms with Crippen LogP contribution < -0.4 is 0 Å². The van der Waals surface area contributed by atoms with Gasteiger partial charge >= 0.3 is 5.97 Å². The highest BCUT2D eigenvalue weighted by molar-refractivity contribution is 7.19. The summed E-state index contributed by atoms with van der Waals surface area (Å²) in [4.78, 5) is 32.6. The summed E-state index contributed by atoms with van der Waals surface area (Å²) < 4.78 is 6.37. The van der Waals surface area contributed by atoms with Gasteiger partial charge in [-0.1, -0.05) is 30.3 Å². The maximum Gasteiger partial charge on any atom is 0.331 e. The number of esters is 1. The summed E-state index contributed by atoms with van der Waals surface area (Å²) in [5.74, 6) is -0.797. The van der Waals surface area contributed by atoms with Crippen LogP contribution in [0.2, 0.25) is 0 Å². The van der Waals surface area contributed by atoms with Crippen molar-refractivity contribution in [2.75, 3.05) is 0 Å². The van der Waals surface area contributed by atoms with Gasteiger partial charge in [0.1, 0.15) is 5.01 Å². The van der Waals surface area contributed by atoms with Crippen molar-refractivity contribution in [3.05, 3.63) is 70.9 Å². The summed E-state index contributed by atoms with van der Waals surface area (Å²) in [5.41, 5.74) is 3.10. The Morgan fingerprint density at radius 1 is 1.14 bits per heavy atom. The van der Waals surface area contributed by atoms with Crippen LogP contribution in [0.25, 0.3) is 27.2 Å². The molecule has 6 heteroatoms. The Morgan fingerprint density at radius 3 is 2.71 bits per heavy atom. The summed E-state index contributed by atoms with van der Waals surface area (Å²) in [5, 5.41) is 1.54. The Labute approximate surface area is 165 Å². The zero-order chi connectivity index (χ0) is 19.7. The largest absolute Gasteiger partial charge is 0.451 e. The van der Waals surface area contributed by atoms with Crippen molar-refractivity contribution in [1.82, 2.24) is 9.97 Å². The number of fused-ring (bicyclic) bond motifs is 2. The summed E-state index contributed by atoms with van der Waals surface area (Å²) >= 11 is 1.49. The number of aromatic nitrogens is 2. The Balaban J connectivity index is 1.47. The molecule has 0 saturated carbocycles. The summed E-state index contributed by atoms with van der Waals surface area (Å²) in [7, 11) is 0. The molecule has 140 valence electrons. The van der Waals surface area contributed by atoms with Crippen molar-refractivity contribution in [3.63, 3.8) is 0 Å². The van der Waals surface area contributed by atoms with Gasteiger partial charge in [-0.2, -0.15) is 0 Å². The van der Waals surface area contributed by atoms with Crippen LogP contribution in [-0.2, 0) is 9.53 Å². The van der Waals surface area contributed by atoms with E-state index in [1.54, 1.807) is 13.0 Å². The van der Waals surface area contributed by atoms with Crippen LogP contribution in [0.4, 0.5) is 0 Å². The molecule has 0 aliphatic carbocycles. The highest BCUT2D eigenvalue weighted by Crippen LogP contribution is 2.24. The lowest BCUT2D eigenvalue weighted by molar-refractivity contribution is -0.140. The highest BCUT2D eigenvalue weighted by Gasteiger charge is 2.23. The number of ketones is 1. The van der Waals surface area contributed by atoms with Gasteiger partial charge in [0.2, 0.25) is 5.78 Å². The van der Waals surface area contributed by atoms with Crippen LogP contribution in [0.1, 0.15) is 28.0 Å². The van der Waals surface area contributed by atoms with Gasteiger partial charge in [0.15, 0.2) is 6.10 Å². The van der Waals surface area contributed by atoms with Crippen molar-refractivity contribution in [3.8, 4) is 0 Å². The highest BCUT2D eigenvalue weighted by atomic mass is 32.1. The van der Waals surface area contributed by atoms with Crippen molar-refractivity contribution in [1.29, 1.82) is 0 Å². The molecular formula is C22H18N2O3S. The van der Waals surface area contributed by atoms with E-state index in [1.165, 1.54) is 17.4 Å². The summed E-state index contributed by atoms with van der Waals surface area (Å²) in [6, 6.07) is 15.3. The number of benzene rings is 2. The van der Waals surface area contributed by atoms with Crippen LogP contribution >= 0.6 is 11.3 Å². The summed E-state index contributed by atoms with van der Waals surface area (Å²) in [6.07, 6.45) is 2.04. The number of H-pyrrole nitrogens is 1. The minimum atomic E-state index is -0.884. The van der Waals surface area contributed by atoms with Crippen LogP contribution in [-0.4, -0.2) is 27.8 Å². The fourth-order valence-electron chi connectivity index (χ4n) is 3.17. The maximum absolute atomic E-state index is 12.8. The van der Waals surface area contributed by atoms with Gasteiger partial charge in [0.25, 0.3) is 0 Å². The van der Waals surface area contributed by atoms with Gasteiger partial charge in [-0.15, -0.1) is 11.3 Å². The third-order valence-corrected chi connectivity index (χ3v) is 5.48. The Kier molecular flexibility index (Phi) is 4.79. The molecule has 0 aliphatic rings. The molecule has 0 aliphatic heterocycles. The van der Waals surface area contributed by atoms with E-state index in [1.807, 2.05) is 55.5 Å². The third kappa shape index (κ3) is 3.46. The lowest BCUT2D eigenvalue weighted by atomic mass is 10.0. The Morgan fingerprint density at radius 2 is 1.89 bits per heavy atom. The number of ether oxygens (including phenoxy) is 1. The van der Waals surface area contributed by atoms with E-state index in [0.717, 1.165) is 26.8 Å². The topological polar surface area (TPSA) is 72.1 Å². The van der Waals surface area contributed by atoms with E-state index < -0.39 is 12.1 Å². The second-order valence-electron chi connectivity index (χ2n) is 6.47. The molecule has 0 saturated heterocycles. The number of aromatic amines is 1. The number of Topliss-reactive ketones (excluding diaryl/α,β-unsaturated/α-hetero) is 1. The van der Waals surface area contributed by atoms with Crippen LogP contribution in [0, 0.1) is 6.92 Å². The smallest absolute Gasteiger partial charge is 0.331 e. The van der Waals surface area contributed by atoms with E-state index in [2.05, 4.69) is 9.97 Å². The molecule has 2 aromatic heterocycles. The molecule has 0 spiro atoms. The van der Waals surface area contributed by atoms with E-state index in [9.17, 15) is 9.59 Å². The standard InChI is InChI=1S/C22H18N2O3S/c1-13-21(15-7-3-4-8-16(15)23-13)22(26)14(2)27-20(25)12-11-19-24-17-9-5-6-10-18(17)28-19/h3-12,14,23H,1-2H3/b12-11+. The lowest BCUT2D eigenvalue weighted by Gasteiger charge is -2.11. The second kappa shape index (κ2) is 7.40. The van der Waals surface area contributed by atoms with Crippen LogP contribution in [0.15, 0.2) is 54.6 Å². The zero-order valence-corrected chi connectivity index (χ0v) is 16.2. The first-order chi connectivity index (χ1) is 13.5. The second-order valence-corrected chi connectivity index (χ2v) is 7.53. The monoisotopic (exact) mass is 390 g/mol. The molecule has 5 nitrogen and oxygen atoms in total. The van der Waals surface area contributed by atoms with Crippen molar-refractivity contribution < 1.29 is 14.3 Å². The van der Waals surface area contributed by atoms with Crippen LogP contribution in [0.5, 0.6) is 0 Å². The first kappa shape index (κ1) is 18.1. The van der Waals surface area contributed by atoms with Crippen LogP contribution in [0.3, 0.4) is 0 Å². The molecule has 0 fully saturated rings. The number of hydrogen-bond acceptors (Lipinski definition) is 5. The van der Waals surface area contributed by atoms with Crippen molar-refractivity contribution in [2.45, 2.75) is 20.0 Å². The van der Waals surface area contributed by atoms with Gasteiger partial charge in [-0.3, -0.25) is 4.79 Å². The molecular weight excluding hydrogens is 372 g/mol. The molecule has 2 aromatic carbocycles. The Hall–Kier alpha value is -3.25. The van der Waals surface area contributed by atoms with Crippen molar-refractivity contribution >= 4 is 50.3 Å². The van der Waals surface area contributed by atoms with Crippen molar-refractivity contribution in [2.24, 2.45) is 0 Å². The molecule has 1 unspecified atom stereocenters. The number of carbonyl (C=O) groups excluding carboxylic acids is 2. The fourth-order valence-corrected chi connectivity index (χ4v) is 4.04. The molecule has 0 amide bonds. The number of nitrogens with one attached hydrogen (secondary N) is 1. The molecule has 4 aromatic rings. The van der Waals surface area contributed by atoms with Gasteiger partial charge in [-0.05, 0) is 38.1 Å². The number of aryl methyl sites for hydroxylation is 1. The fraction of sp³-hybridized carbons (Fsp3) is 0.136. The van der Waals surface area contributed by atoms with Gasteiger partial charge in [0.05, 0.1) is 10.2 Å². The van der Waals surface area contributed by atoms with Gasteiger partial charge in [0, 0.05) is 28.2 Å². The predicted molar refractivity (Wildman–Crippen MR) is 112 cm³/mol. The van der Waals surface area contributed by atoms with Gasteiger partial charge in [-0.25, -0.2) is 9.78 Å². The molecule has 0 radical (unpaired) electrons. The predicted octanol–water partition coefficient (Wildman–Crippen LogP) is 4.91. The van der Waals surface area contributed by atoms with E-state index in [-0.39, 0.29) is 5.78 Å². The first-order valence-corrected chi connectivity index (χ1v) is 9.70. The lowest BCUT2D eigenvalue weighted by Crippen LogP contribution is -2.24. The average Bonchev–Trinajstić information content (AvgIpc) is 3.25. The number of hydrogen-bond donors (Lipinski definition) is 1. The minimum absolute atomic E-state index is 0.225. The molecule has 1 atom stereocenters. The normalized spacial score (nSPS) is 12.6. The molecule has 28 heavy (non-hydrogen) atoms. The number of carbonyl (C=O) groups is 2. The Bertz CT molecular complexity index is 1190. The number of para-hydroxylation sites is 2. The number of thiazole rings is 1. The number of rotatable bonds is 5. The third-order valence-electron chi connectivity index (χ3n) is 4.47. The summed E-state index contributed by atoms with van der Waals surface area (Å²) in [6.45, 7) is 3.43. The average molecular weight is 390 g/mol. The zero-order valence-electron chi connectivity index (χ0n) is 15.4. The van der Waals surface area contributed by atoms with E-state index >= 15 is 0 Å². The molecule has 1 N–H and O–H groups in total. The van der Waals surface area contributed by atoms with Gasteiger partial charge < -0.3 is 9.72 Å². The molecule has 4 rings (SSSR count). The number of nitrogens with zero attached hydrogens (tertiary/aromatic N) is 1. The minimum Gasteiger partial charge on any atom is -0.451 e. The van der Waals surface area contributed by atoms with E-state index in [4.69, 9.17) is 4.74 Å². The SMILES string of the molecule is Cc1[nH]c2ccccc2c1C(=O)C(C)OC(=O)/C=C/c1nc2ccccc2s1. The first-order valence-electron chi connectivity index (χ1n) is 8.88.